The van der Waals surface area contributed by atoms with Crippen LogP contribution in [0.15, 0.2) is 12.1 Å². The largest absolute Gasteiger partial charge is 0.340 e. The third-order valence-corrected chi connectivity index (χ3v) is 4.15. The number of aryl methyl sites for hydroxylation is 1. The van der Waals surface area contributed by atoms with E-state index < -0.39 is 11.6 Å². The SMILES string of the molecule is Cc1cc(Cl)c(N2C(=O)C(C)(C)NC(=O)C2C)cc1Cl. The number of benzene rings is 1. The van der Waals surface area contributed by atoms with E-state index in [0.717, 1.165) is 5.56 Å². The van der Waals surface area contributed by atoms with Crippen molar-refractivity contribution in [2.45, 2.75) is 39.3 Å². The Kier molecular flexibility index (Phi) is 3.73. The standard InChI is InChI=1S/C14H16Cl2N2O2/c1-7-5-10(16)11(6-9(7)15)18-8(2)12(19)17-14(3,4)13(18)20/h5-6,8H,1-4H3,(H,17,19). The molecule has 0 aromatic heterocycles. The van der Waals surface area contributed by atoms with Crippen LogP contribution in [-0.4, -0.2) is 23.4 Å². The molecule has 1 aliphatic heterocycles. The number of anilines is 1. The number of piperazine rings is 1. The fourth-order valence-corrected chi connectivity index (χ4v) is 2.67. The number of nitrogens with zero attached hydrogens (tertiary/aromatic N) is 1. The fourth-order valence-electron chi connectivity index (χ4n) is 2.20. The van der Waals surface area contributed by atoms with Gasteiger partial charge in [-0.3, -0.25) is 14.5 Å². The van der Waals surface area contributed by atoms with Crippen LogP contribution in [0.25, 0.3) is 0 Å². The highest BCUT2D eigenvalue weighted by Gasteiger charge is 2.44. The molecule has 2 rings (SSSR count). The number of halogens is 2. The van der Waals surface area contributed by atoms with E-state index in [1.54, 1.807) is 32.9 Å². The Morgan fingerprint density at radius 2 is 1.80 bits per heavy atom. The summed E-state index contributed by atoms with van der Waals surface area (Å²) in [7, 11) is 0. The van der Waals surface area contributed by atoms with E-state index in [4.69, 9.17) is 23.2 Å². The monoisotopic (exact) mass is 314 g/mol. The number of carbonyl (C=O) groups is 2. The molecule has 0 bridgehead atoms. The molecule has 1 heterocycles. The van der Waals surface area contributed by atoms with Gasteiger partial charge in [0.25, 0.3) is 5.91 Å². The van der Waals surface area contributed by atoms with Gasteiger partial charge in [-0.15, -0.1) is 0 Å². The highest BCUT2D eigenvalue weighted by atomic mass is 35.5. The molecular weight excluding hydrogens is 299 g/mol. The van der Waals surface area contributed by atoms with Gasteiger partial charge in [0, 0.05) is 5.02 Å². The molecule has 1 unspecified atom stereocenters. The first-order chi connectivity index (χ1) is 9.15. The summed E-state index contributed by atoms with van der Waals surface area (Å²) >= 11 is 12.3. The van der Waals surface area contributed by atoms with Crippen molar-refractivity contribution in [3.8, 4) is 0 Å². The molecule has 1 fully saturated rings. The van der Waals surface area contributed by atoms with E-state index in [0.29, 0.717) is 15.7 Å². The van der Waals surface area contributed by atoms with Crippen molar-refractivity contribution >= 4 is 40.7 Å². The van der Waals surface area contributed by atoms with Gasteiger partial charge in [-0.05, 0) is 45.4 Å². The lowest BCUT2D eigenvalue weighted by molar-refractivity contribution is -0.136. The van der Waals surface area contributed by atoms with Crippen LogP contribution >= 0.6 is 23.2 Å². The summed E-state index contributed by atoms with van der Waals surface area (Å²) in [5, 5.41) is 3.60. The summed E-state index contributed by atoms with van der Waals surface area (Å²) in [4.78, 5) is 26.0. The Morgan fingerprint density at radius 3 is 2.40 bits per heavy atom. The first kappa shape index (κ1) is 15.1. The average molecular weight is 315 g/mol. The maximum Gasteiger partial charge on any atom is 0.252 e. The zero-order chi connectivity index (χ0) is 15.2. The zero-order valence-corrected chi connectivity index (χ0v) is 13.3. The lowest BCUT2D eigenvalue weighted by atomic mass is 9.96. The van der Waals surface area contributed by atoms with Crippen molar-refractivity contribution in [3.63, 3.8) is 0 Å². The van der Waals surface area contributed by atoms with E-state index in [9.17, 15) is 9.59 Å². The van der Waals surface area contributed by atoms with Crippen LogP contribution in [0.4, 0.5) is 5.69 Å². The van der Waals surface area contributed by atoms with Crippen molar-refractivity contribution in [1.82, 2.24) is 5.32 Å². The molecule has 1 saturated heterocycles. The van der Waals surface area contributed by atoms with Crippen molar-refractivity contribution in [2.24, 2.45) is 0 Å². The van der Waals surface area contributed by atoms with Crippen molar-refractivity contribution in [1.29, 1.82) is 0 Å². The Hall–Kier alpha value is -1.26. The third kappa shape index (κ3) is 2.38. The second-order valence-electron chi connectivity index (χ2n) is 5.52. The molecule has 108 valence electrons. The van der Waals surface area contributed by atoms with Gasteiger partial charge in [0.15, 0.2) is 0 Å². The highest BCUT2D eigenvalue weighted by molar-refractivity contribution is 6.36. The van der Waals surface area contributed by atoms with E-state index in [2.05, 4.69) is 5.32 Å². The molecule has 1 aromatic carbocycles. The Labute approximate surface area is 128 Å². The molecule has 4 nitrogen and oxygen atoms in total. The summed E-state index contributed by atoms with van der Waals surface area (Å²) < 4.78 is 0. The number of rotatable bonds is 1. The van der Waals surface area contributed by atoms with Gasteiger partial charge in [-0.1, -0.05) is 23.2 Å². The minimum absolute atomic E-state index is 0.216. The van der Waals surface area contributed by atoms with Gasteiger partial charge in [0.2, 0.25) is 5.91 Å². The smallest absolute Gasteiger partial charge is 0.252 e. The average Bonchev–Trinajstić information content (AvgIpc) is 2.33. The first-order valence-corrected chi connectivity index (χ1v) is 7.02. The summed E-state index contributed by atoms with van der Waals surface area (Å²) in [6.07, 6.45) is 0. The second kappa shape index (κ2) is 4.93. The first-order valence-electron chi connectivity index (χ1n) is 6.26. The topological polar surface area (TPSA) is 49.4 Å². The molecule has 0 aliphatic carbocycles. The molecular formula is C14H16Cl2N2O2. The molecule has 20 heavy (non-hydrogen) atoms. The van der Waals surface area contributed by atoms with Crippen LogP contribution in [-0.2, 0) is 9.59 Å². The minimum atomic E-state index is -0.968. The summed E-state index contributed by atoms with van der Waals surface area (Å²) in [6, 6.07) is 2.69. The molecule has 1 aliphatic rings. The quantitative estimate of drug-likeness (QED) is 0.866. The summed E-state index contributed by atoms with van der Waals surface area (Å²) in [5.74, 6) is -0.436. The highest BCUT2D eigenvalue weighted by Crippen LogP contribution is 2.35. The van der Waals surface area contributed by atoms with Crippen LogP contribution in [0.2, 0.25) is 10.0 Å². The fraction of sp³-hybridized carbons (Fsp3) is 0.429. The predicted molar refractivity (Wildman–Crippen MR) is 80.4 cm³/mol. The number of hydrogen-bond acceptors (Lipinski definition) is 2. The molecule has 1 N–H and O–H groups in total. The van der Waals surface area contributed by atoms with Gasteiger partial charge in [0.05, 0.1) is 10.7 Å². The van der Waals surface area contributed by atoms with E-state index >= 15 is 0 Å². The van der Waals surface area contributed by atoms with Crippen LogP contribution < -0.4 is 10.2 Å². The molecule has 0 radical (unpaired) electrons. The minimum Gasteiger partial charge on any atom is -0.340 e. The second-order valence-corrected chi connectivity index (χ2v) is 6.33. The van der Waals surface area contributed by atoms with Crippen LogP contribution in [0.5, 0.6) is 0 Å². The molecule has 0 spiro atoms. The van der Waals surface area contributed by atoms with Crippen molar-refractivity contribution < 1.29 is 9.59 Å². The Bertz CT molecular complexity index is 599. The normalized spacial score (nSPS) is 21.9. The number of nitrogens with one attached hydrogen (secondary N) is 1. The maximum atomic E-state index is 12.6. The molecule has 1 atom stereocenters. The molecule has 1 aromatic rings. The van der Waals surface area contributed by atoms with Crippen molar-refractivity contribution in [3.05, 3.63) is 27.7 Å². The summed E-state index contributed by atoms with van der Waals surface area (Å²) in [5.41, 5.74) is 0.313. The third-order valence-electron chi connectivity index (χ3n) is 3.44. The van der Waals surface area contributed by atoms with Gasteiger partial charge in [0.1, 0.15) is 11.6 Å². The lowest BCUT2D eigenvalue weighted by Crippen LogP contribution is -2.67. The summed E-state index contributed by atoms with van der Waals surface area (Å²) in [6.45, 7) is 6.81. The number of hydrogen-bond donors (Lipinski definition) is 1. The van der Waals surface area contributed by atoms with Gasteiger partial charge in [-0.2, -0.15) is 0 Å². The lowest BCUT2D eigenvalue weighted by Gasteiger charge is -2.41. The van der Waals surface area contributed by atoms with E-state index in [-0.39, 0.29) is 11.8 Å². The Morgan fingerprint density at radius 1 is 1.20 bits per heavy atom. The van der Waals surface area contributed by atoms with E-state index in [1.807, 2.05) is 6.92 Å². The molecule has 6 heteroatoms. The predicted octanol–water partition coefficient (Wildman–Crippen LogP) is 2.93. The van der Waals surface area contributed by atoms with Crippen LogP contribution in [0, 0.1) is 6.92 Å². The van der Waals surface area contributed by atoms with Gasteiger partial charge in [-0.25, -0.2) is 0 Å². The van der Waals surface area contributed by atoms with Crippen molar-refractivity contribution in [2.75, 3.05) is 4.90 Å². The van der Waals surface area contributed by atoms with Gasteiger partial charge >= 0.3 is 0 Å². The Balaban J connectivity index is 2.57. The number of amides is 2. The van der Waals surface area contributed by atoms with Gasteiger partial charge < -0.3 is 5.32 Å². The molecule has 0 saturated carbocycles. The maximum absolute atomic E-state index is 12.6. The van der Waals surface area contributed by atoms with Crippen LogP contribution in [0.3, 0.4) is 0 Å². The van der Waals surface area contributed by atoms with E-state index in [1.165, 1.54) is 4.90 Å². The van der Waals surface area contributed by atoms with Crippen LogP contribution in [0.1, 0.15) is 26.3 Å². The number of carbonyl (C=O) groups excluding carboxylic acids is 2. The molecule has 2 amide bonds. The zero-order valence-electron chi connectivity index (χ0n) is 11.8.